The molecule has 0 nitrogen and oxygen atoms in total. The molecular weight excluding hydrogens is 312 g/mol. The van der Waals surface area contributed by atoms with E-state index in [-0.39, 0.29) is 0 Å². The zero-order valence-corrected chi connectivity index (χ0v) is 18.0. The molecule has 1 aromatic rings. The molecule has 0 heterocycles. The maximum atomic E-state index is 3.31. The maximum Gasteiger partial charge on any atom is -0.0181 e. The summed E-state index contributed by atoms with van der Waals surface area (Å²) in [7, 11) is 0. The van der Waals surface area contributed by atoms with Gasteiger partial charge < -0.3 is 0 Å². The zero-order chi connectivity index (χ0) is 18.7. The Morgan fingerprint density at radius 1 is 0.538 bits per heavy atom. The predicted molar refractivity (Wildman–Crippen MR) is 118 cm³/mol. The van der Waals surface area contributed by atoms with Crippen molar-refractivity contribution >= 4 is 0 Å². The lowest BCUT2D eigenvalue weighted by Gasteiger charge is -2.09. The minimum Gasteiger partial charge on any atom is -0.0654 e. The molecule has 0 aliphatic carbocycles. The number of hydrogen-bond donors (Lipinski definition) is 0. The number of benzene rings is 1. The van der Waals surface area contributed by atoms with Crippen molar-refractivity contribution in [1.82, 2.24) is 0 Å². The Morgan fingerprint density at radius 2 is 0.962 bits per heavy atom. The third kappa shape index (κ3) is 12.6. The van der Waals surface area contributed by atoms with Gasteiger partial charge in [-0.1, -0.05) is 122 Å². The van der Waals surface area contributed by atoms with Crippen LogP contribution in [0.15, 0.2) is 18.2 Å². The fraction of sp³-hybridized carbons (Fsp3) is 0.769. The molecule has 0 fully saturated rings. The van der Waals surface area contributed by atoms with E-state index in [9.17, 15) is 0 Å². The van der Waals surface area contributed by atoms with E-state index in [4.69, 9.17) is 0 Å². The molecule has 0 amide bonds. The van der Waals surface area contributed by atoms with E-state index in [1.165, 1.54) is 116 Å². The summed E-state index contributed by atoms with van der Waals surface area (Å²) in [6.07, 6.45) is 25.1. The second kappa shape index (κ2) is 17.6. The molecule has 0 aliphatic heterocycles. The number of rotatable bonds is 18. The van der Waals surface area contributed by atoms with Crippen molar-refractivity contribution < 1.29 is 0 Å². The van der Waals surface area contributed by atoms with Crippen molar-refractivity contribution in [2.24, 2.45) is 0 Å². The number of aryl methyl sites for hydroxylation is 2. The first-order valence-electron chi connectivity index (χ1n) is 11.9. The first-order chi connectivity index (χ1) is 12.9. The van der Waals surface area contributed by atoms with E-state index in [2.05, 4.69) is 38.1 Å². The van der Waals surface area contributed by atoms with Gasteiger partial charge in [-0.05, 0) is 42.9 Å². The molecule has 0 bridgehead atoms. The van der Waals surface area contributed by atoms with Crippen LogP contribution in [-0.4, -0.2) is 0 Å². The summed E-state index contributed by atoms with van der Waals surface area (Å²) < 4.78 is 0. The Kier molecular flexibility index (Phi) is 15.8. The molecule has 0 N–H and O–H groups in total. The van der Waals surface area contributed by atoms with Gasteiger partial charge in [-0.2, -0.15) is 0 Å². The molecular formula is C26H45. The van der Waals surface area contributed by atoms with Gasteiger partial charge in [0.15, 0.2) is 0 Å². The summed E-state index contributed by atoms with van der Waals surface area (Å²) in [4.78, 5) is 0. The van der Waals surface area contributed by atoms with Crippen LogP contribution in [-0.2, 0) is 12.8 Å². The predicted octanol–water partition coefficient (Wildman–Crippen LogP) is 8.85. The van der Waals surface area contributed by atoms with E-state index >= 15 is 0 Å². The third-order valence-electron chi connectivity index (χ3n) is 5.65. The van der Waals surface area contributed by atoms with Crippen molar-refractivity contribution in [3.63, 3.8) is 0 Å². The smallest absolute Gasteiger partial charge is 0.0181 e. The molecule has 0 heteroatoms. The first-order valence-corrected chi connectivity index (χ1v) is 11.9. The molecule has 0 unspecified atom stereocenters. The van der Waals surface area contributed by atoms with Crippen LogP contribution >= 0.6 is 0 Å². The van der Waals surface area contributed by atoms with Gasteiger partial charge >= 0.3 is 0 Å². The van der Waals surface area contributed by atoms with Crippen LogP contribution in [0.5, 0.6) is 0 Å². The highest BCUT2D eigenvalue weighted by Crippen LogP contribution is 2.17. The number of hydrogen-bond acceptors (Lipinski definition) is 0. The summed E-state index contributed by atoms with van der Waals surface area (Å²) >= 11 is 0. The van der Waals surface area contributed by atoms with Gasteiger partial charge in [0, 0.05) is 0 Å². The summed E-state index contributed by atoms with van der Waals surface area (Å²) in [5.41, 5.74) is 3.17. The first kappa shape index (κ1) is 23.3. The van der Waals surface area contributed by atoms with Crippen molar-refractivity contribution in [3.05, 3.63) is 35.4 Å². The fourth-order valence-corrected chi connectivity index (χ4v) is 3.87. The Morgan fingerprint density at radius 3 is 1.46 bits per heavy atom. The molecule has 149 valence electrons. The summed E-state index contributed by atoms with van der Waals surface area (Å²) in [6.45, 7) is 4.59. The highest BCUT2D eigenvalue weighted by atomic mass is 14.1. The van der Waals surface area contributed by atoms with Crippen LogP contribution in [0.25, 0.3) is 0 Å². The average molecular weight is 358 g/mol. The Bertz CT molecular complexity index is 367. The SMILES string of the molecule is CCCCCCCCCCc1c[c]ccc1CCCCCCCCCC. The lowest BCUT2D eigenvalue weighted by Crippen LogP contribution is -1.95. The van der Waals surface area contributed by atoms with Crippen LogP contribution < -0.4 is 0 Å². The maximum absolute atomic E-state index is 3.31. The lowest BCUT2D eigenvalue weighted by molar-refractivity contribution is 0.570. The topological polar surface area (TPSA) is 0 Å². The number of unbranched alkanes of at least 4 members (excludes halogenated alkanes) is 14. The molecule has 0 aromatic heterocycles. The zero-order valence-electron chi connectivity index (χ0n) is 18.0. The third-order valence-corrected chi connectivity index (χ3v) is 5.65. The van der Waals surface area contributed by atoms with Crippen LogP contribution in [0.3, 0.4) is 0 Å². The largest absolute Gasteiger partial charge is 0.0654 e. The standard InChI is InChI=1S/C26H45/c1-3-5-7-9-11-13-15-17-21-25-23-19-20-24-26(25)22-18-16-14-12-10-8-6-4-2/h19,23-24H,3-18,21-22H2,1-2H3. The summed E-state index contributed by atoms with van der Waals surface area (Å²) in [6, 6.07) is 9.99. The van der Waals surface area contributed by atoms with Crippen molar-refractivity contribution in [3.8, 4) is 0 Å². The molecule has 0 saturated carbocycles. The second-order valence-electron chi connectivity index (χ2n) is 8.14. The molecule has 0 saturated heterocycles. The van der Waals surface area contributed by atoms with E-state index in [0.29, 0.717) is 0 Å². The Hall–Kier alpha value is -0.780. The van der Waals surface area contributed by atoms with E-state index in [0.717, 1.165) is 0 Å². The van der Waals surface area contributed by atoms with Gasteiger partial charge in [-0.15, -0.1) is 0 Å². The lowest BCUT2D eigenvalue weighted by atomic mass is 9.96. The van der Waals surface area contributed by atoms with E-state index in [1.54, 1.807) is 11.1 Å². The van der Waals surface area contributed by atoms with Crippen LogP contribution in [0.2, 0.25) is 0 Å². The quantitative estimate of drug-likeness (QED) is 0.230. The highest BCUT2D eigenvalue weighted by Gasteiger charge is 2.02. The fourth-order valence-electron chi connectivity index (χ4n) is 3.87. The molecule has 1 radical (unpaired) electrons. The molecule has 26 heavy (non-hydrogen) atoms. The monoisotopic (exact) mass is 357 g/mol. The summed E-state index contributed by atoms with van der Waals surface area (Å²) in [5, 5.41) is 0. The van der Waals surface area contributed by atoms with Gasteiger partial charge in [0.2, 0.25) is 0 Å². The van der Waals surface area contributed by atoms with Crippen LogP contribution in [0.4, 0.5) is 0 Å². The van der Waals surface area contributed by atoms with Gasteiger partial charge in [0.25, 0.3) is 0 Å². The van der Waals surface area contributed by atoms with Crippen LogP contribution in [0, 0.1) is 6.07 Å². The Labute approximate surface area is 165 Å². The highest BCUT2D eigenvalue weighted by molar-refractivity contribution is 5.26. The average Bonchev–Trinajstić information content (AvgIpc) is 2.67. The van der Waals surface area contributed by atoms with Crippen molar-refractivity contribution in [2.45, 2.75) is 129 Å². The molecule has 1 rings (SSSR count). The molecule has 1 aromatic carbocycles. The Balaban J connectivity index is 2.10. The second-order valence-corrected chi connectivity index (χ2v) is 8.14. The minimum atomic E-state index is 1.26. The van der Waals surface area contributed by atoms with Gasteiger partial charge in [0.1, 0.15) is 0 Å². The minimum absolute atomic E-state index is 1.26. The van der Waals surface area contributed by atoms with Crippen molar-refractivity contribution in [2.75, 3.05) is 0 Å². The van der Waals surface area contributed by atoms with Crippen LogP contribution in [0.1, 0.15) is 128 Å². The van der Waals surface area contributed by atoms with E-state index in [1.807, 2.05) is 0 Å². The van der Waals surface area contributed by atoms with Gasteiger partial charge in [-0.3, -0.25) is 0 Å². The molecule has 0 aliphatic rings. The van der Waals surface area contributed by atoms with Crippen molar-refractivity contribution in [1.29, 1.82) is 0 Å². The van der Waals surface area contributed by atoms with E-state index < -0.39 is 0 Å². The normalized spacial score (nSPS) is 11.2. The van der Waals surface area contributed by atoms with Gasteiger partial charge in [0.05, 0.1) is 0 Å². The molecule has 0 spiro atoms. The summed E-state index contributed by atoms with van der Waals surface area (Å²) in [5.74, 6) is 0. The van der Waals surface area contributed by atoms with Gasteiger partial charge in [-0.25, -0.2) is 0 Å². The molecule has 0 atom stereocenters.